The maximum atomic E-state index is 11.8. The molecule has 1 aromatic carbocycles. The third-order valence-corrected chi connectivity index (χ3v) is 4.23. The van der Waals surface area contributed by atoms with Crippen molar-refractivity contribution < 1.29 is 13.2 Å². The Morgan fingerprint density at radius 1 is 1.30 bits per heavy atom. The van der Waals surface area contributed by atoms with Crippen LogP contribution < -0.4 is 11.1 Å². The van der Waals surface area contributed by atoms with Crippen molar-refractivity contribution in [1.82, 2.24) is 5.32 Å². The predicted molar refractivity (Wildman–Crippen MR) is 79.0 cm³/mol. The molecule has 2 atom stereocenters. The fraction of sp³-hybridized carbons (Fsp3) is 0.500. The van der Waals surface area contributed by atoms with Gasteiger partial charge >= 0.3 is 0 Å². The molecule has 6 heteroatoms. The smallest absolute Gasteiger partial charge is 0.237 e. The van der Waals surface area contributed by atoms with Crippen molar-refractivity contribution >= 4 is 15.7 Å². The van der Waals surface area contributed by atoms with E-state index in [1.165, 1.54) is 0 Å². The summed E-state index contributed by atoms with van der Waals surface area (Å²) in [6.45, 7) is 3.81. The van der Waals surface area contributed by atoms with Crippen LogP contribution in [-0.4, -0.2) is 26.6 Å². The van der Waals surface area contributed by atoms with Crippen LogP contribution in [0.4, 0.5) is 0 Å². The van der Waals surface area contributed by atoms with Gasteiger partial charge in [0.2, 0.25) is 5.91 Å². The van der Waals surface area contributed by atoms with Crippen molar-refractivity contribution in [2.24, 2.45) is 5.73 Å². The molecule has 1 amide bonds. The van der Waals surface area contributed by atoms with Crippen molar-refractivity contribution in [3.05, 3.63) is 29.8 Å². The second-order valence-corrected chi connectivity index (χ2v) is 6.98. The topological polar surface area (TPSA) is 89.3 Å². The van der Waals surface area contributed by atoms with Gasteiger partial charge in [0.05, 0.1) is 17.0 Å². The number of hydrogen-bond acceptors (Lipinski definition) is 4. The van der Waals surface area contributed by atoms with Gasteiger partial charge in [0.1, 0.15) is 0 Å². The molecule has 0 aliphatic rings. The summed E-state index contributed by atoms with van der Waals surface area (Å²) in [6, 6.07) is 5.77. The van der Waals surface area contributed by atoms with Gasteiger partial charge in [0, 0.05) is 6.26 Å². The maximum absolute atomic E-state index is 11.8. The van der Waals surface area contributed by atoms with Crippen molar-refractivity contribution in [3.63, 3.8) is 0 Å². The standard InChI is InChI=1S/C14H22N2O3S/c1-4-5-13(15)14(17)16-10(2)11-6-8-12(9-7-11)20(3,18)19/h6-10,13H,4-5,15H2,1-3H3,(H,16,17)/t10?,13-/m1/s1. The molecule has 0 aromatic heterocycles. The summed E-state index contributed by atoms with van der Waals surface area (Å²) in [6.07, 6.45) is 2.66. The Hall–Kier alpha value is -1.40. The lowest BCUT2D eigenvalue weighted by molar-refractivity contribution is -0.123. The van der Waals surface area contributed by atoms with E-state index in [-0.39, 0.29) is 16.8 Å². The summed E-state index contributed by atoms with van der Waals surface area (Å²) in [5, 5.41) is 2.83. The lowest BCUT2D eigenvalue weighted by Crippen LogP contribution is -2.41. The van der Waals surface area contributed by atoms with E-state index in [1.807, 2.05) is 13.8 Å². The Morgan fingerprint density at radius 2 is 1.85 bits per heavy atom. The molecule has 1 aromatic rings. The summed E-state index contributed by atoms with van der Waals surface area (Å²) in [5.74, 6) is -0.188. The van der Waals surface area contributed by atoms with E-state index in [9.17, 15) is 13.2 Å². The summed E-state index contributed by atoms with van der Waals surface area (Å²) < 4.78 is 22.7. The second-order valence-electron chi connectivity index (χ2n) is 4.97. The van der Waals surface area contributed by atoms with Gasteiger partial charge in [-0.1, -0.05) is 25.5 Å². The predicted octanol–water partition coefficient (Wildman–Crippen LogP) is 1.39. The minimum atomic E-state index is -3.20. The zero-order valence-electron chi connectivity index (χ0n) is 12.1. The van der Waals surface area contributed by atoms with Gasteiger partial charge in [-0.25, -0.2) is 8.42 Å². The number of sulfone groups is 1. The van der Waals surface area contributed by atoms with Gasteiger partial charge in [-0.2, -0.15) is 0 Å². The fourth-order valence-electron chi connectivity index (χ4n) is 1.85. The summed E-state index contributed by atoms with van der Waals surface area (Å²) in [5.41, 5.74) is 6.59. The SMILES string of the molecule is CCC[C@@H](N)C(=O)NC(C)c1ccc(S(C)(=O)=O)cc1. The van der Waals surface area contributed by atoms with E-state index in [1.54, 1.807) is 24.3 Å². The van der Waals surface area contributed by atoms with Crippen LogP contribution in [0.1, 0.15) is 38.3 Å². The van der Waals surface area contributed by atoms with Crippen molar-refractivity contribution in [3.8, 4) is 0 Å². The first-order valence-electron chi connectivity index (χ1n) is 6.61. The largest absolute Gasteiger partial charge is 0.348 e. The van der Waals surface area contributed by atoms with Crippen molar-refractivity contribution in [2.75, 3.05) is 6.26 Å². The van der Waals surface area contributed by atoms with E-state index >= 15 is 0 Å². The number of carbonyl (C=O) groups is 1. The molecular weight excluding hydrogens is 276 g/mol. The van der Waals surface area contributed by atoms with E-state index < -0.39 is 15.9 Å². The van der Waals surface area contributed by atoms with Gasteiger partial charge in [-0.05, 0) is 31.0 Å². The van der Waals surface area contributed by atoms with Gasteiger partial charge < -0.3 is 11.1 Å². The number of nitrogens with one attached hydrogen (secondary N) is 1. The van der Waals surface area contributed by atoms with Crippen LogP contribution in [0, 0.1) is 0 Å². The Labute approximate surface area is 120 Å². The Bertz CT molecular complexity index is 552. The molecule has 0 radical (unpaired) electrons. The van der Waals surface area contributed by atoms with Crippen LogP contribution in [0.2, 0.25) is 0 Å². The monoisotopic (exact) mass is 298 g/mol. The third-order valence-electron chi connectivity index (χ3n) is 3.10. The molecule has 0 saturated carbocycles. The number of rotatable bonds is 6. The molecule has 5 nitrogen and oxygen atoms in total. The molecule has 3 N–H and O–H groups in total. The lowest BCUT2D eigenvalue weighted by Gasteiger charge is -2.17. The van der Waals surface area contributed by atoms with E-state index in [2.05, 4.69) is 5.32 Å². The molecule has 0 fully saturated rings. The van der Waals surface area contributed by atoms with Crippen molar-refractivity contribution in [1.29, 1.82) is 0 Å². The van der Waals surface area contributed by atoms with Crippen LogP contribution in [-0.2, 0) is 14.6 Å². The highest BCUT2D eigenvalue weighted by Gasteiger charge is 2.16. The van der Waals surface area contributed by atoms with Gasteiger partial charge in [-0.15, -0.1) is 0 Å². The van der Waals surface area contributed by atoms with Crippen molar-refractivity contribution in [2.45, 2.75) is 43.7 Å². The van der Waals surface area contributed by atoms with Crippen LogP contribution in [0.3, 0.4) is 0 Å². The average molecular weight is 298 g/mol. The number of nitrogens with two attached hydrogens (primary N) is 1. The van der Waals surface area contributed by atoms with Gasteiger partial charge in [0.15, 0.2) is 9.84 Å². The third kappa shape index (κ3) is 4.61. The number of benzene rings is 1. The number of carbonyl (C=O) groups excluding carboxylic acids is 1. The number of amides is 1. The zero-order chi connectivity index (χ0) is 15.3. The van der Waals surface area contributed by atoms with Gasteiger partial charge in [-0.3, -0.25) is 4.79 Å². The second kappa shape index (κ2) is 6.85. The summed E-state index contributed by atoms with van der Waals surface area (Å²) in [7, 11) is -3.20. The molecule has 0 aliphatic carbocycles. The van der Waals surface area contributed by atoms with Crippen LogP contribution in [0.15, 0.2) is 29.2 Å². The van der Waals surface area contributed by atoms with Gasteiger partial charge in [0.25, 0.3) is 0 Å². The summed E-state index contributed by atoms with van der Waals surface area (Å²) in [4.78, 5) is 12.1. The zero-order valence-corrected chi connectivity index (χ0v) is 12.9. The molecule has 20 heavy (non-hydrogen) atoms. The Morgan fingerprint density at radius 3 is 2.30 bits per heavy atom. The van der Waals surface area contributed by atoms with E-state index in [0.29, 0.717) is 6.42 Å². The highest BCUT2D eigenvalue weighted by atomic mass is 32.2. The minimum Gasteiger partial charge on any atom is -0.348 e. The number of hydrogen-bond donors (Lipinski definition) is 2. The molecule has 0 bridgehead atoms. The molecule has 0 spiro atoms. The molecule has 0 heterocycles. The lowest BCUT2D eigenvalue weighted by atomic mass is 10.1. The van der Waals surface area contributed by atoms with Crippen LogP contribution in [0.5, 0.6) is 0 Å². The maximum Gasteiger partial charge on any atom is 0.237 e. The first-order chi connectivity index (χ1) is 9.25. The molecule has 0 saturated heterocycles. The normalized spacial score (nSPS) is 14.6. The Balaban J connectivity index is 2.73. The highest BCUT2D eigenvalue weighted by Crippen LogP contribution is 2.16. The highest BCUT2D eigenvalue weighted by molar-refractivity contribution is 7.90. The molecule has 0 aliphatic heterocycles. The quantitative estimate of drug-likeness (QED) is 0.830. The van der Waals surface area contributed by atoms with Crippen LogP contribution in [0.25, 0.3) is 0 Å². The summed E-state index contributed by atoms with van der Waals surface area (Å²) >= 11 is 0. The Kier molecular flexibility index (Phi) is 5.71. The fourth-order valence-corrected chi connectivity index (χ4v) is 2.48. The minimum absolute atomic E-state index is 0.188. The molecule has 1 unspecified atom stereocenters. The van der Waals surface area contributed by atoms with E-state index in [4.69, 9.17) is 5.73 Å². The first-order valence-corrected chi connectivity index (χ1v) is 8.50. The molecular formula is C14H22N2O3S. The van der Waals surface area contributed by atoms with Crippen LogP contribution >= 0.6 is 0 Å². The average Bonchev–Trinajstić information content (AvgIpc) is 2.38. The first kappa shape index (κ1) is 16.7. The molecule has 112 valence electrons. The molecule has 1 rings (SSSR count). The van der Waals surface area contributed by atoms with E-state index in [0.717, 1.165) is 18.2 Å².